The van der Waals surface area contributed by atoms with E-state index >= 15 is 0 Å². The molecule has 7 heteroatoms. The fourth-order valence-corrected chi connectivity index (χ4v) is 3.15. The maximum absolute atomic E-state index is 13.7. The molecular weight excluding hydrogens is 399 g/mol. The number of halogens is 1. The normalized spacial score (nSPS) is 13.7. The van der Waals surface area contributed by atoms with Crippen LogP contribution in [-0.4, -0.2) is 18.9 Å². The summed E-state index contributed by atoms with van der Waals surface area (Å²) >= 11 is 0. The highest BCUT2D eigenvalue weighted by Gasteiger charge is 2.23. The Hall–Kier alpha value is -4.13. The lowest BCUT2D eigenvalue weighted by molar-refractivity contribution is -0.115. The van der Waals surface area contributed by atoms with Gasteiger partial charge in [-0.2, -0.15) is 0 Å². The molecule has 2 amide bonds. The number of anilines is 1. The molecule has 0 spiro atoms. The number of para-hydroxylation sites is 1. The number of hydrogen-bond acceptors (Lipinski definition) is 4. The zero-order chi connectivity index (χ0) is 21.8. The van der Waals surface area contributed by atoms with Crippen molar-refractivity contribution in [3.8, 4) is 11.5 Å². The zero-order valence-corrected chi connectivity index (χ0v) is 16.6. The minimum absolute atomic E-state index is 0.0528. The summed E-state index contributed by atoms with van der Waals surface area (Å²) in [6.07, 6.45) is 1.59. The van der Waals surface area contributed by atoms with E-state index in [4.69, 9.17) is 9.47 Å². The highest BCUT2D eigenvalue weighted by Crippen LogP contribution is 2.33. The van der Waals surface area contributed by atoms with Crippen molar-refractivity contribution < 1.29 is 23.5 Å². The number of hydrogen-bond donors (Lipinski definition) is 2. The van der Waals surface area contributed by atoms with Gasteiger partial charge in [0, 0.05) is 23.2 Å². The van der Waals surface area contributed by atoms with Crippen LogP contribution < -0.4 is 20.1 Å². The Kier molecular flexibility index (Phi) is 5.66. The molecule has 3 aromatic rings. The number of carbonyl (C=O) groups is 2. The summed E-state index contributed by atoms with van der Waals surface area (Å²) < 4.78 is 24.8. The monoisotopic (exact) mass is 418 g/mol. The van der Waals surface area contributed by atoms with E-state index in [1.54, 1.807) is 55.7 Å². The predicted molar refractivity (Wildman–Crippen MR) is 114 cm³/mol. The third-order valence-electron chi connectivity index (χ3n) is 4.76. The van der Waals surface area contributed by atoms with Crippen LogP contribution in [0.2, 0.25) is 0 Å². The molecule has 0 aromatic heterocycles. The average molecular weight is 418 g/mol. The van der Waals surface area contributed by atoms with Gasteiger partial charge in [0.1, 0.15) is 11.6 Å². The van der Waals surface area contributed by atoms with Crippen molar-refractivity contribution in [2.24, 2.45) is 0 Å². The first-order valence-electron chi connectivity index (χ1n) is 9.55. The first kappa shape index (κ1) is 20.2. The first-order valence-corrected chi connectivity index (χ1v) is 9.55. The smallest absolute Gasteiger partial charge is 0.291 e. The molecular formula is C24H19FN2O4. The molecule has 0 radical (unpaired) electrons. The fraction of sp³-hybridized carbons (Fsp3) is 0.0833. The molecule has 1 aliphatic rings. The van der Waals surface area contributed by atoms with E-state index in [-0.39, 0.29) is 18.1 Å². The Labute approximate surface area is 178 Å². The Bertz CT molecular complexity index is 1190. The Balaban J connectivity index is 1.51. The minimum Gasteiger partial charge on any atom is -0.496 e. The van der Waals surface area contributed by atoms with E-state index in [0.29, 0.717) is 33.9 Å². The van der Waals surface area contributed by atoms with Gasteiger partial charge in [0.15, 0.2) is 11.5 Å². The molecule has 2 N–H and O–H groups in total. The van der Waals surface area contributed by atoms with Crippen molar-refractivity contribution in [1.29, 1.82) is 0 Å². The van der Waals surface area contributed by atoms with Crippen LogP contribution in [0.3, 0.4) is 0 Å². The van der Waals surface area contributed by atoms with Crippen molar-refractivity contribution in [1.82, 2.24) is 5.32 Å². The highest BCUT2D eigenvalue weighted by molar-refractivity contribution is 6.09. The predicted octanol–water partition coefficient (Wildman–Crippen LogP) is 4.14. The van der Waals surface area contributed by atoms with Gasteiger partial charge >= 0.3 is 0 Å². The van der Waals surface area contributed by atoms with Gasteiger partial charge in [0.05, 0.1) is 12.8 Å². The molecule has 3 aromatic carbocycles. The third kappa shape index (κ3) is 4.40. The van der Waals surface area contributed by atoms with E-state index in [9.17, 15) is 14.0 Å². The molecule has 156 valence electrons. The van der Waals surface area contributed by atoms with E-state index in [0.717, 1.165) is 0 Å². The molecule has 1 aliphatic heterocycles. The number of nitrogens with one attached hydrogen (secondary N) is 2. The SMILES string of the molecule is COc1ccccc1/C=C1\Oc2ccc(C(=O)NCc3ccccc3F)cc2NC1=O. The molecule has 4 rings (SSSR count). The van der Waals surface area contributed by atoms with Gasteiger partial charge in [-0.15, -0.1) is 0 Å². The largest absolute Gasteiger partial charge is 0.496 e. The quantitative estimate of drug-likeness (QED) is 0.611. The molecule has 0 fully saturated rings. The summed E-state index contributed by atoms with van der Waals surface area (Å²) in [7, 11) is 1.55. The molecule has 6 nitrogen and oxygen atoms in total. The van der Waals surface area contributed by atoms with Crippen LogP contribution in [0, 0.1) is 5.82 Å². The van der Waals surface area contributed by atoms with Crippen molar-refractivity contribution >= 4 is 23.6 Å². The second kappa shape index (κ2) is 8.71. The van der Waals surface area contributed by atoms with Crippen LogP contribution in [0.25, 0.3) is 6.08 Å². The van der Waals surface area contributed by atoms with Crippen LogP contribution in [0.15, 0.2) is 72.5 Å². The highest BCUT2D eigenvalue weighted by atomic mass is 19.1. The summed E-state index contributed by atoms with van der Waals surface area (Å²) in [5, 5.41) is 5.40. The number of amides is 2. The number of ether oxygens (including phenoxy) is 2. The average Bonchev–Trinajstić information content (AvgIpc) is 2.79. The lowest BCUT2D eigenvalue weighted by Gasteiger charge is -2.21. The van der Waals surface area contributed by atoms with Gasteiger partial charge < -0.3 is 20.1 Å². The molecule has 0 bridgehead atoms. The van der Waals surface area contributed by atoms with Gasteiger partial charge in [0.25, 0.3) is 11.8 Å². The van der Waals surface area contributed by atoms with Crippen LogP contribution in [0.1, 0.15) is 21.5 Å². The molecule has 1 heterocycles. The molecule has 0 aliphatic carbocycles. The van der Waals surface area contributed by atoms with Gasteiger partial charge in [-0.1, -0.05) is 36.4 Å². The maximum atomic E-state index is 13.7. The van der Waals surface area contributed by atoms with Gasteiger partial charge in [-0.05, 0) is 36.4 Å². The number of fused-ring (bicyclic) bond motifs is 1. The van der Waals surface area contributed by atoms with Crippen molar-refractivity contribution in [3.05, 3.63) is 95.0 Å². The van der Waals surface area contributed by atoms with Crippen LogP contribution in [-0.2, 0) is 11.3 Å². The maximum Gasteiger partial charge on any atom is 0.291 e. The van der Waals surface area contributed by atoms with E-state index in [1.165, 1.54) is 12.1 Å². The lowest BCUT2D eigenvalue weighted by Crippen LogP contribution is -2.26. The summed E-state index contributed by atoms with van der Waals surface area (Å²) in [6, 6.07) is 18.2. The Morgan fingerprint density at radius 2 is 1.90 bits per heavy atom. The Morgan fingerprint density at radius 3 is 2.71 bits per heavy atom. The van der Waals surface area contributed by atoms with Crippen LogP contribution in [0.5, 0.6) is 11.5 Å². The zero-order valence-electron chi connectivity index (χ0n) is 16.6. The van der Waals surface area contributed by atoms with Crippen molar-refractivity contribution in [3.63, 3.8) is 0 Å². The van der Waals surface area contributed by atoms with E-state index < -0.39 is 11.8 Å². The number of methoxy groups -OCH3 is 1. The van der Waals surface area contributed by atoms with Crippen LogP contribution >= 0.6 is 0 Å². The van der Waals surface area contributed by atoms with E-state index in [1.807, 2.05) is 12.1 Å². The second-order valence-corrected chi connectivity index (χ2v) is 6.79. The van der Waals surface area contributed by atoms with Gasteiger partial charge in [0.2, 0.25) is 0 Å². The first-order chi connectivity index (χ1) is 15.0. The van der Waals surface area contributed by atoms with Crippen molar-refractivity contribution in [2.75, 3.05) is 12.4 Å². The third-order valence-corrected chi connectivity index (χ3v) is 4.76. The lowest BCUT2D eigenvalue weighted by atomic mass is 10.1. The fourth-order valence-electron chi connectivity index (χ4n) is 3.15. The number of rotatable bonds is 5. The molecule has 0 saturated heterocycles. The molecule has 31 heavy (non-hydrogen) atoms. The summed E-state index contributed by atoms with van der Waals surface area (Å²) in [4.78, 5) is 25.0. The second-order valence-electron chi connectivity index (χ2n) is 6.79. The van der Waals surface area contributed by atoms with Gasteiger partial charge in [-0.3, -0.25) is 9.59 Å². The standard InChI is InChI=1S/C24H19FN2O4/c1-30-20-9-5-3-6-15(20)13-22-24(29)27-19-12-16(10-11-21(19)31-22)23(28)26-14-17-7-2-4-8-18(17)25/h2-13H,14H2,1H3,(H,26,28)(H,27,29)/b22-13-. The summed E-state index contributed by atoms with van der Waals surface area (Å²) in [5.74, 6) is -0.0968. The minimum atomic E-state index is -0.442. The van der Waals surface area contributed by atoms with Crippen molar-refractivity contribution in [2.45, 2.75) is 6.54 Å². The Morgan fingerprint density at radius 1 is 1.13 bits per heavy atom. The number of carbonyl (C=O) groups excluding carboxylic acids is 2. The summed E-state index contributed by atoms with van der Waals surface area (Å²) in [6.45, 7) is 0.0528. The van der Waals surface area contributed by atoms with E-state index in [2.05, 4.69) is 10.6 Å². The molecule has 0 atom stereocenters. The number of benzene rings is 3. The van der Waals surface area contributed by atoms with Crippen LogP contribution in [0.4, 0.5) is 10.1 Å². The summed E-state index contributed by atoms with van der Waals surface area (Å²) in [5.41, 5.74) is 1.77. The van der Waals surface area contributed by atoms with Gasteiger partial charge in [-0.25, -0.2) is 4.39 Å². The molecule has 0 saturated carbocycles. The topological polar surface area (TPSA) is 76.7 Å². The molecule has 0 unspecified atom stereocenters.